The zero-order valence-electron chi connectivity index (χ0n) is 14.0. The Morgan fingerprint density at radius 1 is 1.12 bits per heavy atom. The maximum atomic E-state index is 12.9. The molecule has 0 saturated carbocycles. The quantitative estimate of drug-likeness (QED) is 0.671. The minimum atomic E-state index is 0.131. The molecule has 0 spiro atoms. The first-order valence-electron chi connectivity index (χ1n) is 8.23. The van der Waals surface area contributed by atoms with Gasteiger partial charge in [-0.3, -0.25) is 9.69 Å². The summed E-state index contributed by atoms with van der Waals surface area (Å²) in [5.41, 5.74) is 3.32. The summed E-state index contributed by atoms with van der Waals surface area (Å²) in [6.07, 6.45) is 0. The highest BCUT2D eigenvalue weighted by atomic mass is 32.1. The molecular formula is C18H19N3OS3. The summed E-state index contributed by atoms with van der Waals surface area (Å²) in [5.74, 6) is 0.131. The molecule has 0 unspecified atom stereocenters. The van der Waals surface area contributed by atoms with Gasteiger partial charge in [0.2, 0.25) is 0 Å². The first kappa shape index (κ1) is 16.9. The molecule has 4 rings (SSSR count). The average Bonchev–Trinajstić information content (AvgIpc) is 3.36. The van der Waals surface area contributed by atoms with E-state index in [4.69, 9.17) is 0 Å². The van der Waals surface area contributed by atoms with E-state index in [-0.39, 0.29) is 5.91 Å². The van der Waals surface area contributed by atoms with Gasteiger partial charge in [0, 0.05) is 43.7 Å². The van der Waals surface area contributed by atoms with Crippen LogP contribution in [0.3, 0.4) is 0 Å². The van der Waals surface area contributed by atoms with Crippen LogP contribution in [-0.2, 0) is 6.54 Å². The van der Waals surface area contributed by atoms with Crippen LogP contribution in [0.4, 0.5) is 0 Å². The van der Waals surface area contributed by atoms with Crippen molar-refractivity contribution in [2.75, 3.05) is 26.2 Å². The number of rotatable bonds is 4. The fourth-order valence-electron chi connectivity index (χ4n) is 3.00. The molecule has 0 bridgehead atoms. The van der Waals surface area contributed by atoms with Gasteiger partial charge in [0.05, 0.1) is 5.69 Å². The number of aromatic nitrogens is 1. The third-order valence-electron chi connectivity index (χ3n) is 4.40. The van der Waals surface area contributed by atoms with Crippen molar-refractivity contribution in [1.82, 2.24) is 14.8 Å². The van der Waals surface area contributed by atoms with E-state index >= 15 is 0 Å². The lowest BCUT2D eigenvalue weighted by molar-refractivity contribution is 0.0632. The molecule has 25 heavy (non-hydrogen) atoms. The third kappa shape index (κ3) is 3.69. The molecule has 1 fully saturated rings. The topological polar surface area (TPSA) is 36.4 Å². The normalized spacial score (nSPS) is 15.6. The predicted octanol–water partition coefficient (Wildman–Crippen LogP) is 4.20. The van der Waals surface area contributed by atoms with E-state index in [2.05, 4.69) is 38.2 Å². The highest BCUT2D eigenvalue weighted by Gasteiger charge is 2.25. The van der Waals surface area contributed by atoms with Gasteiger partial charge in [-0.05, 0) is 40.8 Å². The van der Waals surface area contributed by atoms with Crippen LogP contribution in [0.25, 0.3) is 10.6 Å². The number of thiophene rings is 2. The minimum Gasteiger partial charge on any atom is -0.335 e. The van der Waals surface area contributed by atoms with Gasteiger partial charge >= 0.3 is 0 Å². The fraction of sp³-hybridized carbons (Fsp3) is 0.333. The van der Waals surface area contributed by atoms with E-state index in [1.54, 1.807) is 22.7 Å². The van der Waals surface area contributed by atoms with Crippen molar-refractivity contribution in [3.8, 4) is 10.6 Å². The van der Waals surface area contributed by atoms with Crippen LogP contribution in [0.5, 0.6) is 0 Å². The van der Waals surface area contributed by atoms with Crippen molar-refractivity contribution in [2.45, 2.75) is 13.5 Å². The van der Waals surface area contributed by atoms with Gasteiger partial charge in [0.15, 0.2) is 0 Å². The van der Waals surface area contributed by atoms with Crippen molar-refractivity contribution >= 4 is 39.9 Å². The second-order valence-corrected chi connectivity index (χ2v) is 8.70. The number of carbonyl (C=O) groups excluding carboxylic acids is 1. The molecule has 7 heteroatoms. The van der Waals surface area contributed by atoms with E-state index in [1.165, 1.54) is 16.9 Å². The van der Waals surface area contributed by atoms with Crippen LogP contribution >= 0.6 is 34.0 Å². The van der Waals surface area contributed by atoms with Gasteiger partial charge in [0.1, 0.15) is 9.88 Å². The molecule has 1 aliphatic heterocycles. The second kappa shape index (κ2) is 7.37. The van der Waals surface area contributed by atoms with E-state index in [0.717, 1.165) is 53.9 Å². The Kier molecular flexibility index (Phi) is 4.98. The molecule has 1 saturated heterocycles. The SMILES string of the molecule is Cc1nc(-c2ccsc2)sc1C(=O)N1CCN(Cc2ccsc2)CC1. The number of nitrogens with zero attached hydrogens (tertiary/aromatic N) is 3. The summed E-state index contributed by atoms with van der Waals surface area (Å²) in [6.45, 7) is 6.34. The molecule has 130 valence electrons. The summed E-state index contributed by atoms with van der Waals surface area (Å²) in [4.78, 5) is 22.7. The molecule has 1 aliphatic rings. The Morgan fingerprint density at radius 3 is 2.56 bits per heavy atom. The number of thiazole rings is 1. The smallest absolute Gasteiger partial charge is 0.265 e. The van der Waals surface area contributed by atoms with Gasteiger partial charge in [0.25, 0.3) is 5.91 Å². The Bertz CT molecular complexity index is 831. The summed E-state index contributed by atoms with van der Waals surface area (Å²) in [7, 11) is 0. The molecule has 4 heterocycles. The zero-order valence-corrected chi connectivity index (χ0v) is 16.4. The van der Waals surface area contributed by atoms with Crippen LogP contribution in [0, 0.1) is 6.92 Å². The molecule has 0 radical (unpaired) electrons. The zero-order chi connectivity index (χ0) is 17.2. The minimum absolute atomic E-state index is 0.131. The number of piperazine rings is 1. The van der Waals surface area contributed by atoms with Crippen LogP contribution in [0.15, 0.2) is 33.7 Å². The maximum Gasteiger partial charge on any atom is 0.265 e. The Balaban J connectivity index is 1.40. The molecule has 0 atom stereocenters. The Morgan fingerprint density at radius 2 is 1.88 bits per heavy atom. The number of hydrogen-bond donors (Lipinski definition) is 0. The number of aryl methyl sites for hydroxylation is 1. The van der Waals surface area contributed by atoms with Gasteiger partial charge in [-0.2, -0.15) is 22.7 Å². The van der Waals surface area contributed by atoms with E-state index in [1.807, 2.05) is 17.2 Å². The Hall–Kier alpha value is -1.54. The standard InChI is InChI=1S/C18H19N3OS3/c1-13-16(25-17(19-13)15-3-9-24-12-15)18(22)21-6-4-20(5-7-21)10-14-2-8-23-11-14/h2-3,8-9,11-12H,4-7,10H2,1H3. The highest BCUT2D eigenvalue weighted by Crippen LogP contribution is 2.30. The number of amides is 1. The average molecular weight is 390 g/mol. The van der Waals surface area contributed by atoms with E-state index in [9.17, 15) is 4.79 Å². The van der Waals surface area contributed by atoms with Crippen LogP contribution in [0.2, 0.25) is 0 Å². The van der Waals surface area contributed by atoms with Crippen LogP contribution in [-0.4, -0.2) is 46.9 Å². The van der Waals surface area contributed by atoms with Crippen molar-refractivity contribution in [3.63, 3.8) is 0 Å². The second-order valence-electron chi connectivity index (χ2n) is 6.15. The lowest BCUT2D eigenvalue weighted by Gasteiger charge is -2.34. The molecular weight excluding hydrogens is 370 g/mol. The summed E-state index contributed by atoms with van der Waals surface area (Å²) in [6, 6.07) is 4.23. The third-order valence-corrected chi connectivity index (χ3v) is 7.01. The lowest BCUT2D eigenvalue weighted by Crippen LogP contribution is -2.48. The van der Waals surface area contributed by atoms with Gasteiger partial charge in [-0.15, -0.1) is 11.3 Å². The number of carbonyl (C=O) groups is 1. The van der Waals surface area contributed by atoms with Gasteiger partial charge in [-0.25, -0.2) is 4.98 Å². The fourth-order valence-corrected chi connectivity index (χ4v) is 5.40. The Labute approximate surface area is 159 Å². The molecule has 1 amide bonds. The van der Waals surface area contributed by atoms with Gasteiger partial charge in [-0.1, -0.05) is 0 Å². The molecule has 3 aromatic rings. The first-order valence-corrected chi connectivity index (χ1v) is 10.9. The van der Waals surface area contributed by atoms with Crippen LogP contribution in [0.1, 0.15) is 20.9 Å². The first-order chi connectivity index (χ1) is 12.2. The van der Waals surface area contributed by atoms with Crippen molar-refractivity contribution < 1.29 is 4.79 Å². The highest BCUT2D eigenvalue weighted by molar-refractivity contribution is 7.17. The summed E-state index contributed by atoms with van der Waals surface area (Å²) in [5, 5.41) is 9.38. The van der Waals surface area contributed by atoms with E-state index in [0.29, 0.717) is 0 Å². The predicted molar refractivity (Wildman–Crippen MR) is 106 cm³/mol. The lowest BCUT2D eigenvalue weighted by atomic mass is 10.2. The molecule has 0 aromatic carbocycles. The van der Waals surface area contributed by atoms with Crippen molar-refractivity contribution in [3.05, 3.63) is 49.8 Å². The number of hydrogen-bond acceptors (Lipinski definition) is 6. The van der Waals surface area contributed by atoms with E-state index < -0.39 is 0 Å². The molecule has 0 aliphatic carbocycles. The largest absolute Gasteiger partial charge is 0.335 e. The molecule has 3 aromatic heterocycles. The van der Waals surface area contributed by atoms with Crippen molar-refractivity contribution in [2.24, 2.45) is 0 Å². The molecule has 4 nitrogen and oxygen atoms in total. The summed E-state index contributed by atoms with van der Waals surface area (Å²) < 4.78 is 0. The monoisotopic (exact) mass is 389 g/mol. The summed E-state index contributed by atoms with van der Waals surface area (Å²) >= 11 is 4.91. The maximum absolute atomic E-state index is 12.9. The molecule has 0 N–H and O–H groups in total. The van der Waals surface area contributed by atoms with Crippen LogP contribution < -0.4 is 0 Å². The van der Waals surface area contributed by atoms with Gasteiger partial charge < -0.3 is 4.90 Å². The van der Waals surface area contributed by atoms with Crippen molar-refractivity contribution in [1.29, 1.82) is 0 Å².